The molecule has 0 fully saturated rings. The van der Waals surface area contributed by atoms with E-state index in [0.717, 1.165) is 11.6 Å². The van der Waals surface area contributed by atoms with Gasteiger partial charge in [0.1, 0.15) is 10.7 Å². The average Bonchev–Trinajstić information content (AvgIpc) is 2.41. The third-order valence-corrected chi connectivity index (χ3v) is 5.07. The quantitative estimate of drug-likeness (QED) is 0.883. The van der Waals surface area contributed by atoms with Crippen molar-refractivity contribution in [1.82, 2.24) is 0 Å². The van der Waals surface area contributed by atoms with E-state index in [4.69, 9.17) is 5.73 Å². The Bertz CT molecular complexity index is 743. The van der Waals surface area contributed by atoms with Crippen LogP contribution in [0.1, 0.15) is 12.5 Å². The number of halogens is 1. The van der Waals surface area contributed by atoms with Crippen LogP contribution in [0.15, 0.2) is 47.4 Å². The molecule has 0 saturated carbocycles. The van der Waals surface area contributed by atoms with Crippen molar-refractivity contribution in [1.29, 1.82) is 0 Å². The van der Waals surface area contributed by atoms with E-state index in [1.54, 1.807) is 19.1 Å². The summed E-state index contributed by atoms with van der Waals surface area (Å²) in [5.74, 6) is -0.847. The molecule has 0 aliphatic heterocycles. The zero-order valence-corrected chi connectivity index (χ0v) is 12.7. The first-order valence-electron chi connectivity index (χ1n) is 6.50. The second-order valence-electron chi connectivity index (χ2n) is 4.70. The van der Waals surface area contributed by atoms with Crippen molar-refractivity contribution in [2.24, 2.45) is 0 Å². The number of aryl methyl sites for hydroxylation is 1. The molecule has 2 aromatic carbocycles. The molecule has 0 aliphatic carbocycles. The Morgan fingerprint density at radius 1 is 1.14 bits per heavy atom. The highest BCUT2D eigenvalue weighted by atomic mass is 32.2. The van der Waals surface area contributed by atoms with Crippen molar-refractivity contribution in [3.63, 3.8) is 0 Å². The maximum atomic E-state index is 13.9. The molecule has 0 spiro atoms. The molecular weight excluding hydrogens is 291 g/mol. The molecule has 0 saturated heterocycles. The van der Waals surface area contributed by atoms with Crippen molar-refractivity contribution in [2.75, 3.05) is 16.6 Å². The fourth-order valence-electron chi connectivity index (χ4n) is 2.05. The number of anilines is 2. The van der Waals surface area contributed by atoms with E-state index < -0.39 is 15.8 Å². The van der Waals surface area contributed by atoms with Crippen molar-refractivity contribution in [3.8, 4) is 0 Å². The number of hydrogen-bond donors (Lipinski definition) is 1. The minimum Gasteiger partial charge on any atom is -0.399 e. The Morgan fingerprint density at radius 3 is 2.29 bits per heavy atom. The Morgan fingerprint density at radius 2 is 1.76 bits per heavy atom. The van der Waals surface area contributed by atoms with Crippen LogP contribution >= 0.6 is 0 Å². The fourth-order valence-corrected chi connectivity index (χ4v) is 3.57. The van der Waals surface area contributed by atoms with Crippen LogP contribution in [0.3, 0.4) is 0 Å². The molecule has 0 bridgehead atoms. The lowest BCUT2D eigenvalue weighted by Crippen LogP contribution is -2.31. The van der Waals surface area contributed by atoms with Gasteiger partial charge in [0.05, 0.1) is 5.69 Å². The van der Waals surface area contributed by atoms with Crippen LogP contribution in [-0.2, 0) is 10.0 Å². The normalized spacial score (nSPS) is 11.4. The third-order valence-electron chi connectivity index (χ3n) is 3.13. The highest BCUT2D eigenvalue weighted by Gasteiger charge is 2.26. The molecule has 6 heteroatoms. The van der Waals surface area contributed by atoms with Crippen molar-refractivity contribution >= 4 is 21.4 Å². The van der Waals surface area contributed by atoms with Crippen molar-refractivity contribution < 1.29 is 12.8 Å². The lowest BCUT2D eigenvalue weighted by molar-refractivity contribution is 0.564. The second-order valence-corrected chi connectivity index (χ2v) is 6.53. The van der Waals surface area contributed by atoms with Gasteiger partial charge in [0.15, 0.2) is 0 Å². The first-order chi connectivity index (χ1) is 9.86. The van der Waals surface area contributed by atoms with E-state index >= 15 is 0 Å². The molecule has 0 atom stereocenters. The number of nitrogens with two attached hydrogens (primary N) is 1. The Kier molecular flexibility index (Phi) is 4.18. The van der Waals surface area contributed by atoms with E-state index in [1.165, 1.54) is 16.4 Å². The van der Waals surface area contributed by atoms with Gasteiger partial charge in [-0.1, -0.05) is 17.7 Å². The number of hydrogen-bond acceptors (Lipinski definition) is 3. The SMILES string of the molecule is CCN(c1ccc(C)cc1)S(=O)(=O)c1ccc(N)cc1F. The van der Waals surface area contributed by atoms with E-state index in [9.17, 15) is 12.8 Å². The molecular formula is C15H17FN2O2S. The Balaban J connectivity index is 2.51. The maximum absolute atomic E-state index is 13.9. The van der Waals surface area contributed by atoms with Crippen LogP contribution < -0.4 is 10.0 Å². The highest BCUT2D eigenvalue weighted by molar-refractivity contribution is 7.92. The van der Waals surface area contributed by atoms with Crippen LogP contribution in [0.2, 0.25) is 0 Å². The standard InChI is InChI=1S/C15H17FN2O2S/c1-3-18(13-7-4-11(2)5-8-13)21(19,20)15-9-6-12(17)10-14(15)16/h4-10H,3,17H2,1-2H3. The summed E-state index contributed by atoms with van der Waals surface area (Å²) in [6.45, 7) is 3.82. The Labute approximate surface area is 124 Å². The number of benzene rings is 2. The molecule has 0 heterocycles. The van der Waals surface area contributed by atoms with Gasteiger partial charge in [-0.3, -0.25) is 4.31 Å². The summed E-state index contributed by atoms with van der Waals surface area (Å²) in [6, 6.07) is 10.6. The van der Waals surface area contributed by atoms with Crippen LogP contribution in [0, 0.1) is 12.7 Å². The molecule has 21 heavy (non-hydrogen) atoms. The first-order valence-corrected chi connectivity index (χ1v) is 7.94. The predicted molar refractivity (Wildman–Crippen MR) is 82.2 cm³/mol. The Hall–Kier alpha value is -2.08. The van der Waals surface area contributed by atoms with Crippen LogP contribution in [0.4, 0.5) is 15.8 Å². The number of sulfonamides is 1. The predicted octanol–water partition coefficient (Wildman–Crippen LogP) is 2.93. The van der Waals surface area contributed by atoms with Gasteiger partial charge in [0.25, 0.3) is 10.0 Å². The highest BCUT2D eigenvalue weighted by Crippen LogP contribution is 2.26. The molecule has 4 nitrogen and oxygen atoms in total. The number of nitrogen functional groups attached to an aromatic ring is 1. The molecule has 0 amide bonds. The largest absolute Gasteiger partial charge is 0.399 e. The molecule has 2 rings (SSSR count). The van der Waals surface area contributed by atoms with Crippen LogP contribution in [0.25, 0.3) is 0 Å². The van der Waals surface area contributed by atoms with Gasteiger partial charge < -0.3 is 5.73 Å². The van der Waals surface area contributed by atoms with E-state index in [1.807, 2.05) is 19.1 Å². The lowest BCUT2D eigenvalue weighted by Gasteiger charge is -2.23. The van der Waals surface area contributed by atoms with Gasteiger partial charge in [-0.25, -0.2) is 12.8 Å². The minimum absolute atomic E-state index is 0.185. The monoisotopic (exact) mass is 308 g/mol. The lowest BCUT2D eigenvalue weighted by atomic mass is 10.2. The summed E-state index contributed by atoms with van der Waals surface area (Å²) in [4.78, 5) is -0.376. The summed E-state index contributed by atoms with van der Waals surface area (Å²) in [6.07, 6.45) is 0. The zero-order valence-electron chi connectivity index (χ0n) is 11.9. The van der Waals surface area contributed by atoms with E-state index in [2.05, 4.69) is 0 Å². The van der Waals surface area contributed by atoms with E-state index in [0.29, 0.717) is 5.69 Å². The van der Waals surface area contributed by atoms with Crippen LogP contribution in [0.5, 0.6) is 0 Å². The number of nitrogens with zero attached hydrogens (tertiary/aromatic N) is 1. The van der Waals surface area contributed by atoms with Gasteiger partial charge in [0.2, 0.25) is 0 Å². The molecule has 112 valence electrons. The molecule has 0 aromatic heterocycles. The zero-order chi connectivity index (χ0) is 15.6. The van der Waals surface area contributed by atoms with Gasteiger partial charge >= 0.3 is 0 Å². The molecule has 0 unspecified atom stereocenters. The summed E-state index contributed by atoms with van der Waals surface area (Å²) < 4.78 is 40.4. The summed E-state index contributed by atoms with van der Waals surface area (Å²) >= 11 is 0. The first kappa shape index (κ1) is 15.3. The van der Waals surface area contributed by atoms with Crippen molar-refractivity contribution in [3.05, 3.63) is 53.8 Å². The molecule has 0 radical (unpaired) electrons. The molecule has 2 aromatic rings. The second kappa shape index (κ2) is 5.73. The summed E-state index contributed by atoms with van der Waals surface area (Å²) in [5, 5.41) is 0. The molecule has 0 aliphatic rings. The topological polar surface area (TPSA) is 63.4 Å². The fraction of sp³-hybridized carbons (Fsp3) is 0.200. The van der Waals surface area contributed by atoms with Gasteiger partial charge in [-0.05, 0) is 44.2 Å². The van der Waals surface area contributed by atoms with Gasteiger partial charge in [-0.15, -0.1) is 0 Å². The summed E-state index contributed by atoms with van der Waals surface area (Å²) in [5.41, 5.74) is 7.16. The minimum atomic E-state index is -3.96. The van der Waals surface area contributed by atoms with Crippen molar-refractivity contribution in [2.45, 2.75) is 18.7 Å². The van der Waals surface area contributed by atoms with Gasteiger partial charge in [-0.2, -0.15) is 0 Å². The smallest absolute Gasteiger partial charge is 0.267 e. The maximum Gasteiger partial charge on any atom is 0.267 e. The van der Waals surface area contributed by atoms with E-state index in [-0.39, 0.29) is 17.1 Å². The average molecular weight is 308 g/mol. The van der Waals surface area contributed by atoms with Crippen LogP contribution in [-0.4, -0.2) is 15.0 Å². The molecule has 2 N–H and O–H groups in total. The summed E-state index contributed by atoms with van der Waals surface area (Å²) in [7, 11) is -3.96. The number of rotatable bonds is 4. The van der Waals surface area contributed by atoms with Gasteiger partial charge in [0, 0.05) is 12.2 Å². The third kappa shape index (κ3) is 3.00.